The van der Waals surface area contributed by atoms with Crippen molar-refractivity contribution in [2.45, 2.75) is 88.9 Å². The van der Waals surface area contributed by atoms with Crippen molar-refractivity contribution in [3.05, 3.63) is 34.4 Å². The van der Waals surface area contributed by atoms with Crippen molar-refractivity contribution in [2.24, 2.45) is 28.6 Å². The van der Waals surface area contributed by atoms with Crippen LogP contribution < -0.4 is 5.63 Å². The molecule has 9 atom stereocenters. The fraction of sp³-hybridized carbons (Fsp3) is 0.769. The first-order chi connectivity index (χ1) is 15.6. The van der Waals surface area contributed by atoms with E-state index in [-0.39, 0.29) is 47.8 Å². The summed E-state index contributed by atoms with van der Waals surface area (Å²) in [4.78, 5) is 23.6. The molecule has 33 heavy (non-hydrogen) atoms. The summed E-state index contributed by atoms with van der Waals surface area (Å²) in [5, 5.41) is 33.4. The number of ether oxygens (including phenoxy) is 1. The SMILES string of the molecule is CC(=O)O[C@H]1C[C@]2(O)[C@@H]3CC[C@@H]4C[C@@H](O)CC[C@]4(CO)[C@H]3CC[C@]2(C)[C@H]1c1ccc(=O)oc1. The molecule has 7 nitrogen and oxygen atoms in total. The van der Waals surface area contributed by atoms with Gasteiger partial charge in [-0.25, -0.2) is 4.79 Å². The maximum atomic E-state index is 12.5. The fourth-order valence-corrected chi connectivity index (χ4v) is 8.77. The Morgan fingerprint density at radius 1 is 1.18 bits per heavy atom. The van der Waals surface area contributed by atoms with Crippen LogP contribution in [-0.4, -0.2) is 45.7 Å². The van der Waals surface area contributed by atoms with Crippen molar-refractivity contribution in [2.75, 3.05) is 6.61 Å². The number of carbonyl (C=O) groups excluding carboxylic acids is 1. The maximum Gasteiger partial charge on any atom is 0.335 e. The van der Waals surface area contributed by atoms with Crippen LogP contribution in [0.25, 0.3) is 0 Å². The van der Waals surface area contributed by atoms with Crippen LogP contribution in [0.4, 0.5) is 0 Å². The molecule has 0 spiro atoms. The van der Waals surface area contributed by atoms with Crippen molar-refractivity contribution in [3.63, 3.8) is 0 Å². The Bertz CT molecular complexity index is 953. The smallest absolute Gasteiger partial charge is 0.335 e. The Morgan fingerprint density at radius 2 is 1.97 bits per heavy atom. The van der Waals surface area contributed by atoms with Crippen LogP contribution in [0, 0.1) is 28.6 Å². The van der Waals surface area contributed by atoms with Gasteiger partial charge in [0, 0.05) is 37.4 Å². The number of esters is 1. The molecule has 0 aromatic carbocycles. The lowest BCUT2D eigenvalue weighted by Gasteiger charge is -2.63. The molecule has 1 aromatic heterocycles. The first kappa shape index (κ1) is 23.1. The lowest BCUT2D eigenvalue weighted by molar-refractivity contribution is -0.217. The zero-order chi connectivity index (χ0) is 23.6. The molecule has 4 aliphatic carbocycles. The molecule has 4 saturated carbocycles. The van der Waals surface area contributed by atoms with Gasteiger partial charge in [-0.05, 0) is 79.7 Å². The van der Waals surface area contributed by atoms with Gasteiger partial charge in [0.05, 0.1) is 18.0 Å². The van der Waals surface area contributed by atoms with E-state index in [1.54, 1.807) is 6.07 Å². The molecule has 7 heteroatoms. The lowest BCUT2D eigenvalue weighted by Crippen LogP contribution is -2.63. The second kappa shape index (κ2) is 7.92. The largest absolute Gasteiger partial charge is 0.462 e. The van der Waals surface area contributed by atoms with E-state index in [0.29, 0.717) is 12.8 Å². The Morgan fingerprint density at radius 3 is 2.64 bits per heavy atom. The third kappa shape index (κ3) is 3.26. The third-order valence-electron chi connectivity index (χ3n) is 10.2. The Kier molecular flexibility index (Phi) is 5.54. The highest BCUT2D eigenvalue weighted by molar-refractivity contribution is 5.66. The van der Waals surface area contributed by atoms with E-state index in [1.165, 1.54) is 19.3 Å². The highest BCUT2D eigenvalue weighted by Crippen LogP contribution is 2.70. The molecule has 0 bridgehead atoms. The average molecular weight is 461 g/mol. The van der Waals surface area contributed by atoms with Crippen LogP contribution in [-0.2, 0) is 9.53 Å². The molecule has 4 fully saturated rings. The molecule has 1 heterocycles. The zero-order valence-electron chi connectivity index (χ0n) is 19.5. The number of hydrogen-bond donors (Lipinski definition) is 3. The molecule has 0 unspecified atom stereocenters. The van der Waals surface area contributed by atoms with E-state index in [0.717, 1.165) is 44.1 Å². The summed E-state index contributed by atoms with van der Waals surface area (Å²) in [5.74, 6) is -0.259. The van der Waals surface area contributed by atoms with Crippen LogP contribution in [0.1, 0.15) is 76.7 Å². The van der Waals surface area contributed by atoms with Gasteiger partial charge in [-0.1, -0.05) is 6.92 Å². The van der Waals surface area contributed by atoms with Gasteiger partial charge in [0.15, 0.2) is 0 Å². The summed E-state index contributed by atoms with van der Waals surface area (Å²) >= 11 is 0. The lowest BCUT2D eigenvalue weighted by atomic mass is 9.43. The molecule has 1 aromatic rings. The highest BCUT2D eigenvalue weighted by Gasteiger charge is 2.71. The van der Waals surface area contributed by atoms with Gasteiger partial charge in [-0.15, -0.1) is 0 Å². The van der Waals surface area contributed by atoms with Crippen LogP contribution in [0.5, 0.6) is 0 Å². The molecule has 4 aliphatic rings. The topological polar surface area (TPSA) is 117 Å². The minimum absolute atomic E-state index is 0.0197. The molecule has 0 aliphatic heterocycles. The van der Waals surface area contributed by atoms with E-state index in [1.807, 2.05) is 0 Å². The second-order valence-electron chi connectivity index (χ2n) is 11.4. The molecule has 5 rings (SSSR count). The molecule has 0 radical (unpaired) electrons. The summed E-state index contributed by atoms with van der Waals surface area (Å²) in [7, 11) is 0. The first-order valence-electron chi connectivity index (χ1n) is 12.4. The number of aliphatic hydroxyl groups excluding tert-OH is 2. The minimum atomic E-state index is -1.07. The normalized spacial score (nSPS) is 46.7. The molecule has 0 saturated heterocycles. The van der Waals surface area contributed by atoms with Gasteiger partial charge in [0.2, 0.25) is 0 Å². The quantitative estimate of drug-likeness (QED) is 0.594. The fourth-order valence-electron chi connectivity index (χ4n) is 8.77. The van der Waals surface area contributed by atoms with E-state index in [4.69, 9.17) is 9.15 Å². The summed E-state index contributed by atoms with van der Waals surface area (Å²) in [5.41, 5.74) is -1.57. The summed E-state index contributed by atoms with van der Waals surface area (Å²) < 4.78 is 10.9. The number of rotatable bonds is 3. The van der Waals surface area contributed by atoms with Crippen molar-refractivity contribution in [3.8, 4) is 0 Å². The minimum Gasteiger partial charge on any atom is -0.462 e. The zero-order valence-corrected chi connectivity index (χ0v) is 19.5. The second-order valence-corrected chi connectivity index (χ2v) is 11.4. The number of hydrogen-bond acceptors (Lipinski definition) is 7. The number of carbonyl (C=O) groups is 1. The van der Waals surface area contributed by atoms with Crippen LogP contribution in [0.3, 0.4) is 0 Å². The first-order valence-corrected chi connectivity index (χ1v) is 12.4. The Balaban J connectivity index is 1.56. The highest BCUT2D eigenvalue weighted by atomic mass is 16.5. The maximum absolute atomic E-state index is 12.5. The molecule has 182 valence electrons. The summed E-state index contributed by atoms with van der Waals surface area (Å²) in [6.45, 7) is 3.56. The standard InChI is InChI=1S/C26H36O7/c1-15(28)33-21-12-26(31)20-5-4-17-11-18(29)7-10-25(17,14-27)19(20)8-9-24(26,2)23(21)16-3-6-22(30)32-13-16/h3,6,13,17-21,23,27,29,31H,4-5,7-12,14H2,1-2H3/t17-,18+,19+,20-,21+,23+,24-,25-,26+/m1/s1. The molecule has 0 amide bonds. The van der Waals surface area contributed by atoms with Gasteiger partial charge >= 0.3 is 11.6 Å². The number of aliphatic hydroxyl groups is 3. The molecule has 3 N–H and O–H groups in total. The average Bonchev–Trinajstić information content (AvgIpc) is 3.00. The Hall–Kier alpha value is -1.70. The van der Waals surface area contributed by atoms with E-state index < -0.39 is 22.7 Å². The van der Waals surface area contributed by atoms with Gasteiger partial charge in [-0.3, -0.25) is 4.79 Å². The van der Waals surface area contributed by atoms with Crippen LogP contribution >= 0.6 is 0 Å². The van der Waals surface area contributed by atoms with E-state index >= 15 is 0 Å². The summed E-state index contributed by atoms with van der Waals surface area (Å²) in [6, 6.07) is 3.11. The third-order valence-corrected chi connectivity index (χ3v) is 10.2. The van der Waals surface area contributed by atoms with Crippen molar-refractivity contribution in [1.29, 1.82) is 0 Å². The van der Waals surface area contributed by atoms with Gasteiger partial charge in [0.25, 0.3) is 0 Å². The molecular weight excluding hydrogens is 424 g/mol. The van der Waals surface area contributed by atoms with Crippen LogP contribution in [0.15, 0.2) is 27.6 Å². The monoisotopic (exact) mass is 460 g/mol. The number of fused-ring (bicyclic) bond motifs is 5. The molecular formula is C26H36O7. The summed E-state index contributed by atoms with van der Waals surface area (Å²) in [6.07, 6.45) is 6.46. The Labute approximate surface area is 194 Å². The van der Waals surface area contributed by atoms with Crippen molar-refractivity contribution < 1.29 is 29.3 Å². The van der Waals surface area contributed by atoms with Gasteiger partial charge < -0.3 is 24.5 Å². The van der Waals surface area contributed by atoms with Crippen molar-refractivity contribution >= 4 is 5.97 Å². The van der Waals surface area contributed by atoms with E-state index in [9.17, 15) is 24.9 Å². The van der Waals surface area contributed by atoms with Crippen LogP contribution in [0.2, 0.25) is 0 Å². The van der Waals surface area contributed by atoms with Gasteiger partial charge in [-0.2, -0.15) is 0 Å². The van der Waals surface area contributed by atoms with Crippen molar-refractivity contribution in [1.82, 2.24) is 0 Å². The van der Waals surface area contributed by atoms with E-state index in [2.05, 4.69) is 6.92 Å². The predicted octanol–water partition coefficient (Wildman–Crippen LogP) is 2.76. The van der Waals surface area contributed by atoms with Gasteiger partial charge in [0.1, 0.15) is 6.10 Å². The predicted molar refractivity (Wildman–Crippen MR) is 119 cm³/mol.